The average molecular weight is 334 g/mol. The van der Waals surface area contributed by atoms with E-state index < -0.39 is 5.97 Å². The number of carboxylic acid groups (broad SMARTS) is 1. The SMILES string of the molecule is C[C@]12CC[C@H](O)C[C@H]1CC[C@H]1[C@@H]3CC[C@H](C(=O)O)[C@@]3(C)CC(=O)[C@@H]12. The summed E-state index contributed by atoms with van der Waals surface area (Å²) in [5.41, 5.74) is -0.330. The van der Waals surface area contributed by atoms with Crippen molar-refractivity contribution >= 4 is 11.8 Å². The van der Waals surface area contributed by atoms with Gasteiger partial charge in [0.2, 0.25) is 0 Å². The van der Waals surface area contributed by atoms with E-state index in [1.54, 1.807) is 0 Å². The Morgan fingerprint density at radius 1 is 1.08 bits per heavy atom. The lowest BCUT2D eigenvalue weighted by Gasteiger charge is -2.59. The zero-order chi connectivity index (χ0) is 17.3. The predicted octanol–water partition coefficient (Wildman–Crippen LogP) is 3.27. The molecule has 0 bridgehead atoms. The second kappa shape index (κ2) is 5.30. The second-order valence-corrected chi connectivity index (χ2v) is 9.57. The molecule has 0 radical (unpaired) electrons. The molecule has 0 aromatic rings. The van der Waals surface area contributed by atoms with Gasteiger partial charge in [0.1, 0.15) is 5.78 Å². The van der Waals surface area contributed by atoms with Gasteiger partial charge in [-0.15, -0.1) is 0 Å². The zero-order valence-corrected chi connectivity index (χ0v) is 14.8. The molecule has 0 unspecified atom stereocenters. The molecular formula is C20H30O4. The van der Waals surface area contributed by atoms with Crippen LogP contribution in [0.25, 0.3) is 0 Å². The van der Waals surface area contributed by atoms with E-state index in [1.807, 2.05) is 0 Å². The summed E-state index contributed by atoms with van der Waals surface area (Å²) < 4.78 is 0. The molecule has 0 heterocycles. The molecule has 0 amide bonds. The van der Waals surface area contributed by atoms with Gasteiger partial charge in [0.25, 0.3) is 0 Å². The van der Waals surface area contributed by atoms with Crippen molar-refractivity contribution in [2.45, 2.75) is 71.3 Å². The van der Waals surface area contributed by atoms with Crippen molar-refractivity contribution in [1.82, 2.24) is 0 Å². The van der Waals surface area contributed by atoms with Gasteiger partial charge in [0, 0.05) is 12.3 Å². The first-order valence-corrected chi connectivity index (χ1v) is 9.71. The number of carboxylic acids is 1. The molecule has 0 saturated heterocycles. The van der Waals surface area contributed by atoms with E-state index in [9.17, 15) is 19.8 Å². The van der Waals surface area contributed by atoms with Crippen molar-refractivity contribution in [3.63, 3.8) is 0 Å². The van der Waals surface area contributed by atoms with Crippen LogP contribution < -0.4 is 0 Å². The molecule has 0 aliphatic heterocycles. The fraction of sp³-hybridized carbons (Fsp3) is 0.900. The summed E-state index contributed by atoms with van der Waals surface area (Å²) in [6, 6.07) is 0. The van der Waals surface area contributed by atoms with Gasteiger partial charge in [0.05, 0.1) is 12.0 Å². The normalized spacial score (nSPS) is 53.9. The highest BCUT2D eigenvalue weighted by atomic mass is 16.4. The first-order valence-electron chi connectivity index (χ1n) is 9.71. The Morgan fingerprint density at radius 3 is 2.54 bits per heavy atom. The molecule has 0 spiro atoms. The van der Waals surface area contributed by atoms with Crippen LogP contribution in [0.1, 0.15) is 65.2 Å². The molecular weight excluding hydrogens is 304 g/mol. The topological polar surface area (TPSA) is 74.6 Å². The summed E-state index contributed by atoms with van der Waals surface area (Å²) in [4.78, 5) is 24.9. The van der Waals surface area contributed by atoms with Gasteiger partial charge in [-0.25, -0.2) is 0 Å². The molecule has 4 heteroatoms. The van der Waals surface area contributed by atoms with Crippen LogP contribution in [-0.4, -0.2) is 28.1 Å². The fourth-order valence-electron chi connectivity index (χ4n) is 7.46. The number of aliphatic hydroxyl groups is 1. The third kappa shape index (κ3) is 2.07. The first-order chi connectivity index (χ1) is 11.3. The van der Waals surface area contributed by atoms with Crippen molar-refractivity contribution in [3.05, 3.63) is 0 Å². The molecule has 0 aromatic carbocycles. The molecule has 4 saturated carbocycles. The number of aliphatic hydroxyl groups excluding tert-OH is 1. The Bertz CT molecular complexity index is 572. The van der Waals surface area contributed by atoms with E-state index in [-0.39, 0.29) is 28.8 Å². The average Bonchev–Trinajstić information content (AvgIpc) is 2.84. The van der Waals surface area contributed by atoms with E-state index in [0.717, 1.165) is 44.9 Å². The lowest BCUT2D eigenvalue weighted by molar-refractivity contribution is -0.165. The summed E-state index contributed by atoms with van der Waals surface area (Å²) in [5.74, 6) is 0.526. The first kappa shape index (κ1) is 16.6. The maximum absolute atomic E-state index is 13.2. The lowest BCUT2D eigenvalue weighted by atomic mass is 9.44. The monoisotopic (exact) mass is 334 g/mol. The minimum atomic E-state index is -0.716. The Morgan fingerprint density at radius 2 is 1.83 bits per heavy atom. The van der Waals surface area contributed by atoms with Gasteiger partial charge in [-0.2, -0.15) is 0 Å². The third-order valence-corrected chi connectivity index (χ3v) is 8.62. The predicted molar refractivity (Wildman–Crippen MR) is 89.2 cm³/mol. The number of hydrogen-bond acceptors (Lipinski definition) is 3. The third-order valence-electron chi connectivity index (χ3n) is 8.62. The molecule has 2 N–H and O–H groups in total. The number of hydrogen-bond donors (Lipinski definition) is 2. The van der Waals surface area contributed by atoms with Gasteiger partial charge in [0.15, 0.2) is 0 Å². The number of ketones is 1. The molecule has 4 aliphatic rings. The molecule has 0 aromatic heterocycles. The van der Waals surface area contributed by atoms with Crippen molar-refractivity contribution in [3.8, 4) is 0 Å². The van der Waals surface area contributed by atoms with Gasteiger partial charge in [-0.1, -0.05) is 13.8 Å². The number of carbonyl (C=O) groups is 2. The molecule has 8 atom stereocenters. The number of rotatable bonds is 1. The van der Waals surface area contributed by atoms with Crippen LogP contribution in [0.2, 0.25) is 0 Å². The summed E-state index contributed by atoms with van der Waals surface area (Å²) in [6.45, 7) is 4.35. The minimum Gasteiger partial charge on any atom is -0.481 e. The molecule has 24 heavy (non-hydrogen) atoms. The standard InChI is InChI=1S/C20H30O4/c1-19-8-7-12(21)9-11(19)3-4-13-14-5-6-15(18(23)24)20(14,2)10-16(22)17(13)19/h11-15,17,21H,3-10H2,1-2H3,(H,23,24)/t11-,12+,13+,14+,15-,17-,19+,20+/m1/s1. The number of aliphatic carboxylic acids is 1. The van der Waals surface area contributed by atoms with Crippen molar-refractivity contribution < 1.29 is 19.8 Å². The van der Waals surface area contributed by atoms with Gasteiger partial charge < -0.3 is 10.2 Å². The molecule has 4 fully saturated rings. The van der Waals surface area contributed by atoms with Crippen LogP contribution >= 0.6 is 0 Å². The van der Waals surface area contributed by atoms with E-state index in [4.69, 9.17) is 0 Å². The molecule has 134 valence electrons. The number of carbonyl (C=O) groups excluding carboxylic acids is 1. The highest BCUT2D eigenvalue weighted by Crippen LogP contribution is 2.66. The Kier molecular flexibility index (Phi) is 3.66. The summed E-state index contributed by atoms with van der Waals surface area (Å²) in [5, 5.41) is 19.7. The molecule has 4 nitrogen and oxygen atoms in total. The van der Waals surface area contributed by atoms with Crippen LogP contribution in [0.5, 0.6) is 0 Å². The highest BCUT2D eigenvalue weighted by molar-refractivity contribution is 5.85. The minimum absolute atomic E-state index is 0.0157. The highest BCUT2D eigenvalue weighted by Gasteiger charge is 2.64. The largest absolute Gasteiger partial charge is 0.481 e. The zero-order valence-electron chi connectivity index (χ0n) is 14.8. The summed E-state index contributed by atoms with van der Waals surface area (Å²) in [7, 11) is 0. The van der Waals surface area contributed by atoms with Gasteiger partial charge >= 0.3 is 5.97 Å². The van der Waals surface area contributed by atoms with E-state index in [2.05, 4.69) is 13.8 Å². The van der Waals surface area contributed by atoms with Crippen LogP contribution in [-0.2, 0) is 9.59 Å². The smallest absolute Gasteiger partial charge is 0.307 e. The van der Waals surface area contributed by atoms with Crippen LogP contribution in [0, 0.1) is 40.4 Å². The van der Waals surface area contributed by atoms with E-state index in [0.29, 0.717) is 30.0 Å². The maximum Gasteiger partial charge on any atom is 0.307 e. The maximum atomic E-state index is 13.2. The summed E-state index contributed by atoms with van der Waals surface area (Å²) in [6.07, 6.45) is 6.65. The Hall–Kier alpha value is -0.900. The van der Waals surface area contributed by atoms with Crippen LogP contribution in [0.4, 0.5) is 0 Å². The quantitative estimate of drug-likeness (QED) is 0.772. The van der Waals surface area contributed by atoms with Gasteiger partial charge in [-0.05, 0) is 73.5 Å². The fourth-order valence-corrected chi connectivity index (χ4v) is 7.46. The lowest BCUT2D eigenvalue weighted by Crippen LogP contribution is -2.58. The Labute approximate surface area is 144 Å². The van der Waals surface area contributed by atoms with Crippen LogP contribution in [0.3, 0.4) is 0 Å². The van der Waals surface area contributed by atoms with E-state index >= 15 is 0 Å². The van der Waals surface area contributed by atoms with Crippen LogP contribution in [0.15, 0.2) is 0 Å². The number of fused-ring (bicyclic) bond motifs is 5. The molecule has 4 aliphatic carbocycles. The van der Waals surface area contributed by atoms with Crippen molar-refractivity contribution in [2.75, 3.05) is 0 Å². The number of Topliss-reactive ketones (excluding diaryl/α,β-unsaturated/α-hetero) is 1. The van der Waals surface area contributed by atoms with Gasteiger partial charge in [-0.3, -0.25) is 9.59 Å². The van der Waals surface area contributed by atoms with Crippen molar-refractivity contribution in [1.29, 1.82) is 0 Å². The second-order valence-electron chi connectivity index (χ2n) is 9.57. The van der Waals surface area contributed by atoms with E-state index in [1.165, 1.54) is 0 Å². The molecule has 4 rings (SSSR count). The Balaban J connectivity index is 1.68. The summed E-state index contributed by atoms with van der Waals surface area (Å²) >= 11 is 0. The van der Waals surface area contributed by atoms with Crippen molar-refractivity contribution in [2.24, 2.45) is 40.4 Å².